The fraction of sp³-hybridized carbons (Fsp3) is 1.00. The van der Waals surface area contributed by atoms with Crippen molar-refractivity contribution in [1.82, 2.24) is 0 Å². The highest BCUT2D eigenvalue weighted by molar-refractivity contribution is 5.02. The van der Waals surface area contributed by atoms with Gasteiger partial charge in [0, 0.05) is 26.4 Å². The maximum absolute atomic E-state index is 11.3. The Kier molecular flexibility index (Phi) is 37.2. The average molecular weight is 1380 g/mol. The van der Waals surface area contributed by atoms with Gasteiger partial charge in [0.1, 0.15) is 171 Å². The number of aliphatic hydroxyl groups excluding tert-OH is 25. The third-order valence-electron chi connectivity index (χ3n) is 15.7. The third-order valence-corrected chi connectivity index (χ3v) is 15.7. The van der Waals surface area contributed by atoms with Crippen LogP contribution in [0.4, 0.5) is 0 Å². The van der Waals surface area contributed by atoms with Crippen molar-refractivity contribution in [1.29, 1.82) is 0 Å². The molecule has 21 aliphatic heterocycles. The molecule has 21 heterocycles. The molecule has 0 aromatic carbocycles. The van der Waals surface area contributed by atoms with Crippen LogP contribution in [0.5, 0.6) is 0 Å². The zero-order chi connectivity index (χ0) is 69.7. The number of aliphatic hydroxyl groups is 25. The van der Waals surface area contributed by atoms with Gasteiger partial charge < -0.3 is 194 Å². The van der Waals surface area contributed by atoms with Crippen molar-refractivity contribution >= 4 is 0 Å². The largest absolute Gasteiger partial charge is 0.396 e. The monoisotopic (exact) mass is 1370 g/mol. The smallest absolute Gasteiger partial charge is 0.187 e. The summed E-state index contributed by atoms with van der Waals surface area (Å²) in [5.74, 6) is 0. The fourth-order valence-electron chi connectivity index (χ4n) is 10.4. The van der Waals surface area contributed by atoms with Crippen LogP contribution in [0, 0.1) is 0 Å². The Labute approximate surface area is 534 Å². The summed E-state index contributed by atoms with van der Waals surface area (Å²) in [7, 11) is 0. The normalized spacial score (nSPS) is 47.1. The summed E-state index contributed by atoms with van der Waals surface area (Å²) in [6.45, 7) is 1.67. The van der Waals surface area contributed by atoms with Gasteiger partial charge in [0.05, 0.1) is 46.2 Å². The summed E-state index contributed by atoms with van der Waals surface area (Å²) in [6.07, 6.45) is -66.7. The van der Waals surface area contributed by atoms with E-state index < -0.39 is 261 Å². The van der Waals surface area contributed by atoms with Crippen LogP contribution < -0.4 is 0 Å². The van der Waals surface area contributed by atoms with Crippen LogP contribution in [-0.2, 0) is 66.3 Å². The van der Waals surface area contributed by atoms with E-state index in [0.717, 1.165) is 25.7 Å². The van der Waals surface area contributed by atoms with E-state index in [4.69, 9.17) is 86.7 Å². The first-order valence-corrected chi connectivity index (χ1v) is 30.7. The second kappa shape index (κ2) is 41.2. The van der Waals surface area contributed by atoms with Gasteiger partial charge in [-0.3, -0.25) is 0 Å². The predicted molar refractivity (Wildman–Crippen MR) is 298 cm³/mol. The minimum atomic E-state index is -2.21. The minimum Gasteiger partial charge on any atom is -0.396 e. The molecular formula is C54H102O39. The molecule has 21 aliphatic rings. The molecule has 0 aliphatic carbocycles. The molecule has 14 bridgehead atoms. The molecule has 35 atom stereocenters. The van der Waals surface area contributed by atoms with Crippen molar-refractivity contribution in [3.63, 3.8) is 0 Å². The number of hydrogen-bond acceptors (Lipinski definition) is 39. The minimum absolute atomic E-state index is 0.319. The Morgan fingerprint density at radius 2 is 0.269 bits per heavy atom. The maximum atomic E-state index is 11.3. The molecule has 21 rings (SSSR count). The van der Waals surface area contributed by atoms with E-state index in [9.17, 15) is 107 Å². The molecule has 39 nitrogen and oxygen atoms in total. The van der Waals surface area contributed by atoms with E-state index in [1.165, 1.54) is 0 Å². The summed E-state index contributed by atoms with van der Waals surface area (Å²) in [5, 5.41) is 262. The highest BCUT2D eigenvalue weighted by Crippen LogP contribution is 2.39. The van der Waals surface area contributed by atoms with E-state index in [0.29, 0.717) is 26.4 Å². The summed E-state index contributed by atoms with van der Waals surface area (Å²) >= 11 is 0. The molecular weight excluding hydrogens is 1270 g/mol. The number of ether oxygens (including phenoxy) is 14. The van der Waals surface area contributed by atoms with Crippen molar-refractivity contribution in [2.75, 3.05) is 72.7 Å². The van der Waals surface area contributed by atoms with Gasteiger partial charge in [0.2, 0.25) is 0 Å². The van der Waals surface area contributed by atoms with Crippen LogP contribution in [0.25, 0.3) is 0 Å². The van der Waals surface area contributed by atoms with Crippen LogP contribution in [-0.4, -0.2) is 415 Å². The number of hydrogen-bond donors (Lipinski definition) is 25. The van der Waals surface area contributed by atoms with Gasteiger partial charge in [-0.25, -0.2) is 0 Å². The molecule has 21 fully saturated rings. The van der Waals surface area contributed by atoms with Crippen LogP contribution in [0.3, 0.4) is 0 Å². The topological polar surface area (TPSA) is 635 Å². The molecule has 0 amide bonds. The van der Waals surface area contributed by atoms with Crippen molar-refractivity contribution in [3.8, 4) is 0 Å². The van der Waals surface area contributed by atoms with Gasteiger partial charge in [0.25, 0.3) is 0 Å². The lowest BCUT2D eigenvalue weighted by atomic mass is 9.95. The average Bonchev–Trinajstić information content (AvgIpc) is 0.809. The van der Waals surface area contributed by atoms with E-state index >= 15 is 0 Å². The molecule has 3 unspecified atom stereocenters. The van der Waals surface area contributed by atoms with Crippen molar-refractivity contribution in [2.45, 2.75) is 268 Å². The Morgan fingerprint density at radius 3 is 0.344 bits per heavy atom. The third kappa shape index (κ3) is 20.8. The van der Waals surface area contributed by atoms with Crippen LogP contribution in [0.15, 0.2) is 0 Å². The SMILES string of the molecule is CCCO.CCCO.CCCO.CCCO.OCC1O[C@@H]2O[C@@H]3C(CO)O[C@H](O[C@H]4[C@@H](O)[C@H](O)[C@@H](O[C@H]5[C@@H](O)[C@H](O)[C@@H](O[C@H]6[C@@H](O)[C@H](O)[C@@H](O[C@H]7[C@@H](O)[C@H](O)[C@@H](O[C@H]8[C@@H](O)[C@H](O)C(O[C@H]1[C@@H](O)[C@@H]2O)O[C@@H]8CO)O[C@@H]7CO)O[C@@H]6CO)O[C@@H]5CO)O[C@@H]4CO)[C@@H](O)[C@@H]3O. The molecule has 93 heavy (non-hydrogen) atoms. The zero-order valence-corrected chi connectivity index (χ0v) is 51.7. The summed E-state index contributed by atoms with van der Waals surface area (Å²) in [5.41, 5.74) is 0. The summed E-state index contributed by atoms with van der Waals surface area (Å²) < 4.78 is 79.5. The number of rotatable bonds is 11. The van der Waals surface area contributed by atoms with Gasteiger partial charge in [-0.2, -0.15) is 0 Å². The molecule has 0 spiro atoms. The van der Waals surface area contributed by atoms with E-state index in [1.54, 1.807) is 0 Å². The highest BCUT2D eigenvalue weighted by atomic mass is 16.8. The van der Waals surface area contributed by atoms with E-state index in [2.05, 4.69) is 0 Å². The first kappa shape index (κ1) is 83.9. The first-order valence-electron chi connectivity index (χ1n) is 30.7. The van der Waals surface area contributed by atoms with Crippen LogP contribution >= 0.6 is 0 Å². The lowest BCUT2D eigenvalue weighted by Gasteiger charge is -2.50. The standard InChI is InChI=1S/C42H70O35.4C3H8O/c43-1-8-29-15(50)22(57)36(64-8)72-30-9(2-44)66-38(24(59)17(30)52)74-32-11(4-46)68-40(26(61)19(32)54)76-34-13(6-48)70-42(28(63)21(34)56)77-35-14(7-49)69-41(27(62)20(35)55)75-33-12(5-47)67-39(25(60)18(33)53)73-31-10(3-45)65-37(71-29)23(58)16(31)51;4*1-2-3-4/h8-63H,1-7H2;4*4H,2-3H2,1H3/t8-,9-,10-,11-,12-,13?,14?,15+,16+,17+,18+,19+,20+,21+,22+,23+,24+,25+,26+,27+,28+,29-,30-,31-,32-,33-,34-,35-,36-,37-,38-,39-,40?,41-,42-;;;;/m1..../s1. The van der Waals surface area contributed by atoms with Gasteiger partial charge in [0.15, 0.2) is 44.0 Å². The highest BCUT2D eigenvalue weighted by Gasteiger charge is 2.59. The molecule has 0 aromatic heterocycles. The van der Waals surface area contributed by atoms with Gasteiger partial charge in [-0.15, -0.1) is 0 Å². The van der Waals surface area contributed by atoms with Gasteiger partial charge in [-0.1, -0.05) is 27.7 Å². The molecule has 21 saturated heterocycles. The quantitative estimate of drug-likeness (QED) is 0.0913. The molecule has 39 heteroatoms. The van der Waals surface area contributed by atoms with Crippen molar-refractivity contribution in [2.24, 2.45) is 0 Å². The van der Waals surface area contributed by atoms with Crippen molar-refractivity contribution in [3.05, 3.63) is 0 Å². The van der Waals surface area contributed by atoms with Crippen molar-refractivity contribution < 1.29 is 194 Å². The Balaban J connectivity index is 0.00000103. The predicted octanol–water partition coefficient (Wildman–Crippen LogP) is -13.7. The molecule has 552 valence electrons. The lowest BCUT2D eigenvalue weighted by molar-refractivity contribution is -0.396. The Bertz CT molecular complexity index is 1590. The van der Waals surface area contributed by atoms with E-state index in [1.807, 2.05) is 27.7 Å². The zero-order valence-electron chi connectivity index (χ0n) is 51.7. The molecule has 25 N–H and O–H groups in total. The second-order valence-corrected chi connectivity index (χ2v) is 22.5. The van der Waals surface area contributed by atoms with Gasteiger partial charge in [-0.05, 0) is 25.7 Å². The maximum Gasteiger partial charge on any atom is 0.187 e. The second-order valence-electron chi connectivity index (χ2n) is 22.5. The Hall–Kier alpha value is -1.56. The van der Waals surface area contributed by atoms with Crippen LogP contribution in [0.2, 0.25) is 0 Å². The molecule has 0 radical (unpaired) electrons. The van der Waals surface area contributed by atoms with E-state index in [-0.39, 0.29) is 0 Å². The molecule has 0 aromatic rings. The summed E-state index contributed by atoms with van der Waals surface area (Å²) in [6, 6.07) is 0. The first-order chi connectivity index (χ1) is 44.3. The lowest BCUT2D eigenvalue weighted by Crippen LogP contribution is -2.68. The summed E-state index contributed by atoms with van der Waals surface area (Å²) in [4.78, 5) is 0. The molecule has 0 saturated carbocycles. The van der Waals surface area contributed by atoms with Gasteiger partial charge >= 0.3 is 0 Å². The fourth-order valence-corrected chi connectivity index (χ4v) is 10.4. The Morgan fingerprint density at radius 1 is 0.172 bits per heavy atom. The van der Waals surface area contributed by atoms with Crippen LogP contribution in [0.1, 0.15) is 53.4 Å².